The first-order valence-electron chi connectivity index (χ1n) is 8.60. The maximum absolute atomic E-state index is 4.93. The fourth-order valence-corrected chi connectivity index (χ4v) is 3.29. The molecule has 128 valence electrons. The number of imidazole rings is 1. The lowest BCUT2D eigenvalue weighted by molar-refractivity contribution is 0.615. The molecule has 7 nitrogen and oxygen atoms in total. The number of nitrogens with zero attached hydrogens (tertiary/aromatic N) is 7. The third-order valence-corrected chi connectivity index (χ3v) is 4.42. The Morgan fingerprint density at radius 3 is 2.52 bits per heavy atom. The van der Waals surface area contributed by atoms with E-state index >= 15 is 0 Å². The molecular formula is C18H21N7. The summed E-state index contributed by atoms with van der Waals surface area (Å²) in [4.78, 5) is 13.6. The van der Waals surface area contributed by atoms with Gasteiger partial charge in [0.15, 0.2) is 11.5 Å². The van der Waals surface area contributed by atoms with Crippen LogP contribution >= 0.6 is 0 Å². The highest BCUT2D eigenvalue weighted by molar-refractivity contribution is 5.84. The van der Waals surface area contributed by atoms with Crippen molar-refractivity contribution in [1.82, 2.24) is 28.9 Å². The average Bonchev–Trinajstić information content (AvgIpc) is 3.15. The lowest BCUT2D eigenvalue weighted by Gasteiger charge is -2.03. The number of aryl methyl sites for hydroxylation is 3. The summed E-state index contributed by atoms with van der Waals surface area (Å²) in [6, 6.07) is 8.43. The second kappa shape index (κ2) is 6.16. The first-order valence-corrected chi connectivity index (χ1v) is 8.60. The van der Waals surface area contributed by atoms with Crippen LogP contribution in [-0.2, 0) is 20.1 Å². The molecule has 0 amide bonds. The second-order valence-electron chi connectivity index (χ2n) is 6.00. The van der Waals surface area contributed by atoms with Crippen LogP contribution in [0.25, 0.3) is 22.1 Å². The Bertz CT molecular complexity index is 1110. The SMILES string of the molecule is CCCn1c(=Nc2ncnc3c2cnn3C)n(CC)c2ccccc21. The molecule has 25 heavy (non-hydrogen) atoms. The van der Waals surface area contributed by atoms with Gasteiger partial charge in [-0.3, -0.25) is 4.68 Å². The van der Waals surface area contributed by atoms with Crippen molar-refractivity contribution in [2.24, 2.45) is 12.0 Å². The Balaban J connectivity index is 2.08. The van der Waals surface area contributed by atoms with Gasteiger partial charge in [0.2, 0.25) is 5.62 Å². The second-order valence-corrected chi connectivity index (χ2v) is 6.00. The summed E-state index contributed by atoms with van der Waals surface area (Å²) >= 11 is 0. The van der Waals surface area contributed by atoms with Crippen molar-refractivity contribution in [3.63, 3.8) is 0 Å². The van der Waals surface area contributed by atoms with Crippen LogP contribution in [0.1, 0.15) is 20.3 Å². The van der Waals surface area contributed by atoms with Gasteiger partial charge in [-0.05, 0) is 25.5 Å². The van der Waals surface area contributed by atoms with Crippen molar-refractivity contribution in [2.75, 3.05) is 0 Å². The maximum Gasteiger partial charge on any atom is 0.212 e. The molecule has 0 fully saturated rings. The largest absolute Gasteiger partial charge is 0.310 e. The van der Waals surface area contributed by atoms with Gasteiger partial charge in [0, 0.05) is 20.1 Å². The van der Waals surface area contributed by atoms with E-state index in [9.17, 15) is 0 Å². The van der Waals surface area contributed by atoms with E-state index in [0.29, 0.717) is 5.82 Å². The first-order chi connectivity index (χ1) is 12.2. The molecule has 4 rings (SSSR count). The number of benzene rings is 1. The van der Waals surface area contributed by atoms with E-state index in [1.54, 1.807) is 17.2 Å². The minimum Gasteiger partial charge on any atom is -0.310 e. The van der Waals surface area contributed by atoms with Crippen LogP contribution in [0.3, 0.4) is 0 Å². The van der Waals surface area contributed by atoms with E-state index < -0.39 is 0 Å². The summed E-state index contributed by atoms with van der Waals surface area (Å²) in [5.41, 5.74) is 4.08. The van der Waals surface area contributed by atoms with Gasteiger partial charge in [-0.25, -0.2) is 9.97 Å². The molecule has 0 radical (unpaired) electrons. The predicted octanol–water partition coefficient (Wildman–Crippen LogP) is 2.78. The fourth-order valence-electron chi connectivity index (χ4n) is 3.29. The molecule has 0 aliphatic heterocycles. The summed E-state index contributed by atoms with van der Waals surface area (Å²) in [5.74, 6) is 0.653. The molecule has 0 unspecified atom stereocenters. The molecule has 0 saturated carbocycles. The van der Waals surface area contributed by atoms with Crippen LogP contribution in [0, 0.1) is 0 Å². The van der Waals surface area contributed by atoms with Crippen LogP contribution in [0.4, 0.5) is 5.82 Å². The summed E-state index contributed by atoms with van der Waals surface area (Å²) in [7, 11) is 1.87. The van der Waals surface area contributed by atoms with E-state index in [1.807, 2.05) is 7.05 Å². The van der Waals surface area contributed by atoms with Crippen molar-refractivity contribution in [3.8, 4) is 0 Å². The zero-order valence-corrected chi connectivity index (χ0v) is 14.7. The lowest BCUT2D eigenvalue weighted by Crippen LogP contribution is -2.25. The van der Waals surface area contributed by atoms with Crippen molar-refractivity contribution in [3.05, 3.63) is 42.4 Å². The summed E-state index contributed by atoms with van der Waals surface area (Å²) in [5, 5.41) is 5.14. The number of aromatic nitrogens is 6. The fraction of sp³-hybridized carbons (Fsp3) is 0.333. The molecule has 7 heteroatoms. The van der Waals surface area contributed by atoms with Gasteiger partial charge in [-0.15, -0.1) is 0 Å². The molecule has 0 aliphatic rings. The van der Waals surface area contributed by atoms with Gasteiger partial charge in [0.1, 0.15) is 6.33 Å². The Labute approximate surface area is 145 Å². The smallest absolute Gasteiger partial charge is 0.212 e. The zero-order valence-electron chi connectivity index (χ0n) is 14.7. The van der Waals surface area contributed by atoms with E-state index in [-0.39, 0.29) is 0 Å². The van der Waals surface area contributed by atoms with E-state index in [1.165, 1.54) is 11.0 Å². The molecule has 3 heterocycles. The van der Waals surface area contributed by atoms with Crippen molar-refractivity contribution in [2.45, 2.75) is 33.4 Å². The van der Waals surface area contributed by atoms with Gasteiger partial charge in [0.05, 0.1) is 22.6 Å². The van der Waals surface area contributed by atoms with Gasteiger partial charge in [-0.1, -0.05) is 19.1 Å². The molecule has 0 bridgehead atoms. The van der Waals surface area contributed by atoms with Crippen LogP contribution in [0.2, 0.25) is 0 Å². The normalized spacial score (nSPS) is 12.5. The van der Waals surface area contributed by atoms with Gasteiger partial charge in [0.25, 0.3) is 0 Å². The van der Waals surface area contributed by atoms with E-state index in [0.717, 1.165) is 36.2 Å². The van der Waals surface area contributed by atoms with Gasteiger partial charge < -0.3 is 9.13 Å². The minimum atomic E-state index is 0.653. The molecule has 0 N–H and O–H groups in total. The standard InChI is InChI=1S/C18H21N7/c1-4-10-25-15-9-7-6-8-14(15)24(5-2)18(25)22-16-13-11-21-23(3)17(13)20-12-19-16/h6-9,11-12H,4-5,10H2,1-3H3. The molecule has 0 aliphatic carbocycles. The summed E-state index contributed by atoms with van der Waals surface area (Å²) in [6.45, 7) is 6.07. The lowest BCUT2D eigenvalue weighted by atomic mass is 10.3. The van der Waals surface area contributed by atoms with Crippen molar-refractivity contribution >= 4 is 27.9 Å². The van der Waals surface area contributed by atoms with Gasteiger partial charge in [-0.2, -0.15) is 10.1 Å². The van der Waals surface area contributed by atoms with E-state index in [4.69, 9.17) is 4.99 Å². The van der Waals surface area contributed by atoms with Crippen LogP contribution in [-0.4, -0.2) is 28.9 Å². The highest BCUT2D eigenvalue weighted by Gasteiger charge is 2.12. The third kappa shape index (κ3) is 2.43. The van der Waals surface area contributed by atoms with Crippen molar-refractivity contribution < 1.29 is 0 Å². The molecule has 1 aromatic carbocycles. The molecule has 0 saturated heterocycles. The Hall–Kier alpha value is -2.96. The average molecular weight is 335 g/mol. The number of hydrogen-bond donors (Lipinski definition) is 0. The highest BCUT2D eigenvalue weighted by Crippen LogP contribution is 2.21. The van der Waals surface area contributed by atoms with Gasteiger partial charge >= 0.3 is 0 Å². The highest BCUT2D eigenvalue weighted by atomic mass is 15.3. The summed E-state index contributed by atoms with van der Waals surface area (Å²) < 4.78 is 6.24. The molecule has 0 spiro atoms. The molecular weight excluding hydrogens is 314 g/mol. The van der Waals surface area contributed by atoms with Crippen LogP contribution in [0.5, 0.6) is 0 Å². The molecule has 4 aromatic rings. The Kier molecular flexibility index (Phi) is 3.83. The molecule has 3 aromatic heterocycles. The van der Waals surface area contributed by atoms with Crippen molar-refractivity contribution in [1.29, 1.82) is 0 Å². The Morgan fingerprint density at radius 1 is 1.04 bits per heavy atom. The van der Waals surface area contributed by atoms with Crippen LogP contribution < -0.4 is 5.62 Å². The first kappa shape index (κ1) is 15.6. The summed E-state index contributed by atoms with van der Waals surface area (Å²) in [6.07, 6.45) is 4.36. The van der Waals surface area contributed by atoms with Crippen LogP contribution in [0.15, 0.2) is 41.8 Å². The number of para-hydroxylation sites is 2. The topological polar surface area (TPSA) is 65.8 Å². The monoisotopic (exact) mass is 335 g/mol. The maximum atomic E-state index is 4.93. The Morgan fingerprint density at radius 2 is 1.80 bits per heavy atom. The predicted molar refractivity (Wildman–Crippen MR) is 97.4 cm³/mol. The minimum absolute atomic E-state index is 0.653. The quantitative estimate of drug-likeness (QED) is 0.576. The zero-order chi connectivity index (χ0) is 17.4. The van der Waals surface area contributed by atoms with E-state index in [2.05, 4.69) is 62.3 Å². The molecule has 0 atom stereocenters. The number of fused-ring (bicyclic) bond motifs is 2. The number of rotatable bonds is 4. The third-order valence-electron chi connectivity index (χ3n) is 4.42. The number of hydrogen-bond acceptors (Lipinski definition) is 4.